The van der Waals surface area contributed by atoms with Crippen molar-refractivity contribution in [3.8, 4) is 0 Å². The Bertz CT molecular complexity index is 910. The third kappa shape index (κ3) is 4.16. The summed E-state index contributed by atoms with van der Waals surface area (Å²) in [6.07, 6.45) is -1.32. The molecule has 2 N–H and O–H groups in total. The van der Waals surface area contributed by atoms with Gasteiger partial charge in [0.25, 0.3) is 0 Å². The minimum Gasteiger partial charge on any atom is -0.368 e. The van der Waals surface area contributed by atoms with E-state index in [4.69, 9.17) is 0 Å². The van der Waals surface area contributed by atoms with Crippen LogP contribution in [0, 0.1) is 0 Å². The zero-order chi connectivity index (χ0) is 19.7. The summed E-state index contributed by atoms with van der Waals surface area (Å²) >= 11 is 0. The first-order valence-corrected chi connectivity index (χ1v) is 9.81. The SMILES string of the molecule is CNS(=O)(=O)c1c[nH+]ccc1N1CCN(c2cccc(C(F)(F)F)c2)CC1. The lowest BCUT2D eigenvalue weighted by molar-refractivity contribution is -0.380. The average Bonchev–Trinajstić information content (AvgIpc) is 2.67. The Morgan fingerprint density at radius 2 is 1.74 bits per heavy atom. The van der Waals surface area contributed by atoms with Gasteiger partial charge in [0.2, 0.25) is 10.0 Å². The monoisotopic (exact) mass is 401 g/mol. The number of sulfonamides is 1. The van der Waals surface area contributed by atoms with E-state index < -0.39 is 21.8 Å². The number of H-pyrrole nitrogens is 1. The smallest absolute Gasteiger partial charge is 0.368 e. The zero-order valence-corrected chi connectivity index (χ0v) is 15.4. The number of pyridine rings is 1. The van der Waals surface area contributed by atoms with Crippen molar-refractivity contribution in [3.05, 3.63) is 48.3 Å². The maximum absolute atomic E-state index is 12.9. The summed E-state index contributed by atoms with van der Waals surface area (Å²) in [7, 11) is -2.28. The molecule has 3 rings (SSSR count). The lowest BCUT2D eigenvalue weighted by Crippen LogP contribution is -2.47. The fourth-order valence-corrected chi connectivity index (χ4v) is 3.99. The Labute approximate surface area is 155 Å². The van der Waals surface area contributed by atoms with Crippen molar-refractivity contribution in [1.82, 2.24) is 4.72 Å². The van der Waals surface area contributed by atoms with Crippen molar-refractivity contribution < 1.29 is 26.6 Å². The molecule has 0 spiro atoms. The molecule has 0 bridgehead atoms. The zero-order valence-electron chi connectivity index (χ0n) is 14.6. The second-order valence-electron chi connectivity index (χ2n) is 6.12. The van der Waals surface area contributed by atoms with Crippen molar-refractivity contribution >= 4 is 21.4 Å². The molecule has 2 heterocycles. The Morgan fingerprint density at radius 1 is 1.07 bits per heavy atom. The molecule has 0 radical (unpaired) electrons. The van der Waals surface area contributed by atoms with Crippen LogP contribution in [0.2, 0.25) is 0 Å². The summed E-state index contributed by atoms with van der Waals surface area (Å²) in [6, 6.07) is 6.93. The van der Waals surface area contributed by atoms with Gasteiger partial charge in [0.05, 0.1) is 11.3 Å². The minimum absolute atomic E-state index is 0.139. The van der Waals surface area contributed by atoms with Crippen LogP contribution in [-0.4, -0.2) is 41.6 Å². The van der Waals surface area contributed by atoms with Gasteiger partial charge in [0, 0.05) is 37.9 Å². The maximum Gasteiger partial charge on any atom is 0.416 e. The molecule has 10 heteroatoms. The van der Waals surface area contributed by atoms with Gasteiger partial charge in [-0.25, -0.2) is 18.1 Å². The second kappa shape index (κ2) is 7.35. The molecule has 6 nitrogen and oxygen atoms in total. The van der Waals surface area contributed by atoms with Crippen LogP contribution in [0.25, 0.3) is 0 Å². The number of hydrogen-bond acceptors (Lipinski definition) is 4. The van der Waals surface area contributed by atoms with Crippen LogP contribution in [0.1, 0.15) is 5.56 Å². The lowest BCUT2D eigenvalue weighted by atomic mass is 10.1. The van der Waals surface area contributed by atoms with Crippen LogP contribution in [0.4, 0.5) is 24.5 Å². The van der Waals surface area contributed by atoms with Crippen LogP contribution >= 0.6 is 0 Å². The number of benzene rings is 1. The average molecular weight is 401 g/mol. The van der Waals surface area contributed by atoms with Crippen molar-refractivity contribution in [2.45, 2.75) is 11.1 Å². The molecule has 1 aromatic carbocycles. The molecule has 0 aliphatic carbocycles. The predicted molar refractivity (Wildman–Crippen MR) is 95.1 cm³/mol. The van der Waals surface area contributed by atoms with E-state index in [1.807, 2.05) is 9.80 Å². The van der Waals surface area contributed by atoms with E-state index in [0.29, 0.717) is 37.6 Å². The predicted octanol–water partition coefficient (Wildman–Crippen LogP) is 1.75. The second-order valence-corrected chi connectivity index (χ2v) is 7.98. The number of rotatable bonds is 4. The Hall–Kier alpha value is -2.33. The number of piperazine rings is 1. The molecule has 0 amide bonds. The van der Waals surface area contributed by atoms with Gasteiger partial charge >= 0.3 is 6.18 Å². The van der Waals surface area contributed by atoms with Crippen molar-refractivity contribution in [3.63, 3.8) is 0 Å². The summed E-state index contributed by atoms with van der Waals surface area (Å²) in [6.45, 7) is 1.96. The fraction of sp³-hybridized carbons (Fsp3) is 0.353. The third-order valence-corrected chi connectivity index (χ3v) is 5.97. The lowest BCUT2D eigenvalue weighted by Gasteiger charge is -2.37. The quantitative estimate of drug-likeness (QED) is 0.848. The number of halogens is 3. The van der Waals surface area contributed by atoms with E-state index in [-0.39, 0.29) is 4.90 Å². The molecule has 1 aliphatic heterocycles. The van der Waals surface area contributed by atoms with Gasteiger partial charge in [-0.1, -0.05) is 6.07 Å². The molecule has 0 unspecified atom stereocenters. The Morgan fingerprint density at radius 3 is 2.37 bits per heavy atom. The van der Waals surface area contributed by atoms with Gasteiger partial charge in [-0.15, -0.1) is 0 Å². The Kier molecular flexibility index (Phi) is 5.29. The number of aromatic nitrogens is 1. The molecule has 1 aromatic heterocycles. The highest BCUT2D eigenvalue weighted by Crippen LogP contribution is 2.32. The van der Waals surface area contributed by atoms with E-state index in [1.165, 1.54) is 19.3 Å². The molecule has 27 heavy (non-hydrogen) atoms. The molecule has 2 aromatic rings. The third-order valence-electron chi connectivity index (χ3n) is 4.52. The molecular formula is C17H20F3N4O2S+. The molecule has 0 atom stereocenters. The minimum atomic E-state index is -4.38. The standard InChI is InChI=1S/C17H19F3N4O2S/c1-21-27(25,26)16-12-22-6-5-15(16)24-9-7-23(8-10-24)14-4-2-3-13(11-14)17(18,19)20/h2-6,11-12,21H,7-10H2,1H3/p+1. The fourth-order valence-electron chi connectivity index (χ4n) is 3.08. The summed E-state index contributed by atoms with van der Waals surface area (Å²) in [5.41, 5.74) is 0.393. The van der Waals surface area contributed by atoms with Crippen LogP contribution in [0.15, 0.2) is 47.6 Å². The first-order chi connectivity index (χ1) is 12.7. The normalized spacial score (nSPS) is 15.9. The van der Waals surface area contributed by atoms with E-state index in [2.05, 4.69) is 9.71 Å². The summed E-state index contributed by atoms with van der Waals surface area (Å²) < 4.78 is 65.5. The Balaban J connectivity index is 1.78. The summed E-state index contributed by atoms with van der Waals surface area (Å²) in [4.78, 5) is 6.70. The summed E-state index contributed by atoms with van der Waals surface area (Å²) in [5, 5.41) is 0. The molecule has 146 valence electrons. The number of nitrogens with one attached hydrogen (secondary N) is 2. The van der Waals surface area contributed by atoms with Gasteiger partial charge in [0.15, 0.2) is 17.3 Å². The topological polar surface area (TPSA) is 66.8 Å². The summed E-state index contributed by atoms with van der Waals surface area (Å²) in [5.74, 6) is 0. The number of aromatic amines is 1. The van der Waals surface area contributed by atoms with Gasteiger partial charge in [-0.3, -0.25) is 0 Å². The molecule has 1 fully saturated rings. The van der Waals surface area contributed by atoms with Crippen molar-refractivity contribution in [2.75, 3.05) is 43.0 Å². The van der Waals surface area contributed by atoms with Crippen molar-refractivity contribution in [1.29, 1.82) is 0 Å². The number of hydrogen-bond donors (Lipinski definition) is 1. The number of anilines is 2. The van der Waals surface area contributed by atoms with E-state index in [0.717, 1.165) is 12.1 Å². The highest BCUT2D eigenvalue weighted by molar-refractivity contribution is 7.89. The molecule has 1 aliphatic rings. The van der Waals surface area contributed by atoms with Gasteiger partial charge in [-0.2, -0.15) is 13.2 Å². The van der Waals surface area contributed by atoms with Crippen LogP contribution in [-0.2, 0) is 16.2 Å². The van der Waals surface area contributed by atoms with E-state index in [1.54, 1.807) is 18.3 Å². The van der Waals surface area contributed by atoms with Crippen LogP contribution in [0.3, 0.4) is 0 Å². The highest BCUT2D eigenvalue weighted by atomic mass is 32.2. The number of alkyl halides is 3. The van der Waals surface area contributed by atoms with Crippen LogP contribution in [0.5, 0.6) is 0 Å². The van der Waals surface area contributed by atoms with Crippen molar-refractivity contribution in [2.24, 2.45) is 0 Å². The first kappa shape index (κ1) is 19.4. The molecule has 1 saturated heterocycles. The van der Waals surface area contributed by atoms with Gasteiger partial charge in [-0.05, 0) is 25.2 Å². The maximum atomic E-state index is 12.9. The largest absolute Gasteiger partial charge is 0.416 e. The molecular weight excluding hydrogens is 381 g/mol. The van der Waals surface area contributed by atoms with E-state index in [9.17, 15) is 21.6 Å². The highest BCUT2D eigenvalue weighted by Gasteiger charge is 2.31. The molecule has 0 saturated carbocycles. The van der Waals surface area contributed by atoms with Gasteiger partial charge < -0.3 is 9.80 Å². The number of nitrogens with zero attached hydrogens (tertiary/aromatic N) is 2. The first-order valence-electron chi connectivity index (χ1n) is 8.33. The van der Waals surface area contributed by atoms with Crippen LogP contribution < -0.4 is 19.5 Å². The van der Waals surface area contributed by atoms with Gasteiger partial charge in [0.1, 0.15) is 0 Å². The van der Waals surface area contributed by atoms with E-state index >= 15 is 0 Å².